The summed E-state index contributed by atoms with van der Waals surface area (Å²) in [6, 6.07) is 14.3. The first kappa shape index (κ1) is 19.9. The average molecular weight is 453 g/mol. The molecule has 0 saturated carbocycles. The van der Waals surface area contributed by atoms with Gasteiger partial charge in [-0.1, -0.05) is 40.2 Å². The highest BCUT2D eigenvalue weighted by Crippen LogP contribution is 2.26. The van der Waals surface area contributed by atoms with Gasteiger partial charge in [-0.3, -0.25) is 4.79 Å². The molecule has 0 aliphatic carbocycles. The van der Waals surface area contributed by atoms with Gasteiger partial charge in [-0.05, 0) is 36.2 Å². The number of carbonyl (C=O) groups is 1. The summed E-state index contributed by atoms with van der Waals surface area (Å²) in [5.41, 5.74) is 1.14. The standard InChI is InChI=1S/C19H21BrN2O4S/c20-16-5-3-6-17(11-16)27(24,25)22-9-8-19(23)21-12-14-10-15-4-1-2-7-18(15)26-13-14/h1-7,11,14,22H,8-10,12-13H2,(H,21,23). The second-order valence-corrected chi connectivity index (χ2v) is 9.08. The summed E-state index contributed by atoms with van der Waals surface area (Å²) in [4.78, 5) is 12.2. The molecule has 0 radical (unpaired) electrons. The van der Waals surface area contributed by atoms with Crippen molar-refractivity contribution in [2.24, 2.45) is 5.92 Å². The van der Waals surface area contributed by atoms with E-state index in [0.717, 1.165) is 17.7 Å². The van der Waals surface area contributed by atoms with Crippen LogP contribution in [0.3, 0.4) is 0 Å². The predicted octanol–water partition coefficient (Wildman–Crippen LogP) is 2.49. The molecule has 0 bridgehead atoms. The van der Waals surface area contributed by atoms with Crippen molar-refractivity contribution < 1.29 is 17.9 Å². The number of halogens is 1. The van der Waals surface area contributed by atoms with Crippen LogP contribution in [0.5, 0.6) is 5.75 Å². The third kappa shape index (κ3) is 5.54. The molecule has 6 nitrogen and oxygen atoms in total. The van der Waals surface area contributed by atoms with Gasteiger partial charge in [0.25, 0.3) is 0 Å². The van der Waals surface area contributed by atoms with E-state index >= 15 is 0 Å². The fourth-order valence-corrected chi connectivity index (χ4v) is 4.51. The van der Waals surface area contributed by atoms with Crippen LogP contribution < -0.4 is 14.8 Å². The van der Waals surface area contributed by atoms with Gasteiger partial charge in [-0.15, -0.1) is 0 Å². The van der Waals surface area contributed by atoms with Crippen molar-refractivity contribution in [1.82, 2.24) is 10.0 Å². The normalized spacial score (nSPS) is 16.3. The number of para-hydroxylation sites is 1. The molecule has 2 aromatic carbocycles. The second kappa shape index (κ2) is 8.86. The van der Waals surface area contributed by atoms with E-state index < -0.39 is 10.0 Å². The lowest BCUT2D eigenvalue weighted by atomic mass is 9.97. The zero-order chi connectivity index (χ0) is 19.3. The Morgan fingerprint density at radius 3 is 2.81 bits per heavy atom. The van der Waals surface area contributed by atoms with E-state index in [2.05, 4.69) is 26.0 Å². The summed E-state index contributed by atoms with van der Waals surface area (Å²) in [6.07, 6.45) is 0.934. The molecule has 1 aliphatic heterocycles. The van der Waals surface area contributed by atoms with Gasteiger partial charge in [-0.2, -0.15) is 0 Å². The van der Waals surface area contributed by atoms with Gasteiger partial charge in [0.2, 0.25) is 15.9 Å². The minimum Gasteiger partial charge on any atom is -0.493 e. The first-order chi connectivity index (χ1) is 12.9. The van der Waals surface area contributed by atoms with Crippen LogP contribution in [-0.4, -0.2) is 34.0 Å². The van der Waals surface area contributed by atoms with Crippen molar-refractivity contribution in [1.29, 1.82) is 0 Å². The van der Waals surface area contributed by atoms with E-state index in [9.17, 15) is 13.2 Å². The minimum atomic E-state index is -3.63. The lowest BCUT2D eigenvalue weighted by Gasteiger charge is -2.25. The Labute approximate surface area is 167 Å². The van der Waals surface area contributed by atoms with Crippen LogP contribution >= 0.6 is 15.9 Å². The highest BCUT2D eigenvalue weighted by Gasteiger charge is 2.20. The summed E-state index contributed by atoms with van der Waals surface area (Å²) in [5, 5.41) is 2.86. The van der Waals surface area contributed by atoms with E-state index in [1.807, 2.05) is 24.3 Å². The highest BCUT2D eigenvalue weighted by molar-refractivity contribution is 9.10. The molecule has 3 rings (SSSR count). The van der Waals surface area contributed by atoms with Crippen molar-refractivity contribution in [2.45, 2.75) is 17.7 Å². The zero-order valence-corrected chi connectivity index (χ0v) is 17.1. The Balaban J connectivity index is 1.41. The van der Waals surface area contributed by atoms with Gasteiger partial charge in [0.1, 0.15) is 5.75 Å². The van der Waals surface area contributed by atoms with Crippen LogP contribution in [0, 0.1) is 5.92 Å². The molecule has 0 spiro atoms. The number of sulfonamides is 1. The first-order valence-electron chi connectivity index (χ1n) is 8.67. The minimum absolute atomic E-state index is 0.0463. The Morgan fingerprint density at radius 2 is 2.00 bits per heavy atom. The maximum atomic E-state index is 12.2. The van der Waals surface area contributed by atoms with E-state index in [4.69, 9.17) is 4.74 Å². The molecule has 0 aromatic heterocycles. The molecule has 0 saturated heterocycles. The summed E-state index contributed by atoms with van der Waals surface area (Å²) in [5.74, 6) is 0.926. The summed E-state index contributed by atoms with van der Waals surface area (Å²) in [6.45, 7) is 1.11. The fourth-order valence-electron chi connectivity index (χ4n) is 2.88. The molecule has 1 aliphatic rings. The van der Waals surface area contributed by atoms with Gasteiger partial charge in [0, 0.05) is 29.9 Å². The third-order valence-electron chi connectivity index (χ3n) is 4.29. The fraction of sp³-hybridized carbons (Fsp3) is 0.316. The lowest BCUT2D eigenvalue weighted by molar-refractivity contribution is -0.121. The van der Waals surface area contributed by atoms with E-state index in [1.165, 1.54) is 12.1 Å². The maximum absolute atomic E-state index is 12.2. The highest BCUT2D eigenvalue weighted by atomic mass is 79.9. The number of fused-ring (bicyclic) bond motifs is 1. The number of ether oxygens (including phenoxy) is 1. The third-order valence-corrected chi connectivity index (χ3v) is 6.25. The molecule has 2 aromatic rings. The van der Waals surface area contributed by atoms with Crippen LogP contribution in [0.4, 0.5) is 0 Å². The molecule has 8 heteroatoms. The first-order valence-corrected chi connectivity index (χ1v) is 10.9. The smallest absolute Gasteiger partial charge is 0.240 e. The second-order valence-electron chi connectivity index (χ2n) is 6.40. The molecule has 0 fully saturated rings. The SMILES string of the molecule is O=C(CCNS(=O)(=O)c1cccc(Br)c1)NCC1COc2ccccc2C1. The number of hydrogen-bond donors (Lipinski definition) is 2. The molecule has 1 amide bonds. The number of amides is 1. The molecular weight excluding hydrogens is 432 g/mol. The van der Waals surface area contributed by atoms with Crippen LogP contribution in [0.2, 0.25) is 0 Å². The Morgan fingerprint density at radius 1 is 1.19 bits per heavy atom. The topological polar surface area (TPSA) is 84.5 Å². The number of carbonyl (C=O) groups excluding carboxylic acids is 1. The quantitative estimate of drug-likeness (QED) is 0.675. The van der Waals surface area contributed by atoms with Gasteiger partial charge >= 0.3 is 0 Å². The van der Waals surface area contributed by atoms with Crippen LogP contribution in [0.1, 0.15) is 12.0 Å². The molecular formula is C19H21BrN2O4S. The van der Waals surface area contributed by atoms with E-state index in [-0.39, 0.29) is 29.7 Å². The molecule has 1 heterocycles. The maximum Gasteiger partial charge on any atom is 0.240 e. The van der Waals surface area contributed by atoms with E-state index in [1.54, 1.807) is 12.1 Å². The Hall–Kier alpha value is -1.90. The lowest BCUT2D eigenvalue weighted by Crippen LogP contribution is -2.36. The number of rotatable bonds is 7. The molecule has 1 atom stereocenters. The van der Waals surface area contributed by atoms with Gasteiger partial charge in [0.05, 0.1) is 11.5 Å². The Kier molecular flexibility index (Phi) is 6.51. The van der Waals surface area contributed by atoms with E-state index in [0.29, 0.717) is 17.6 Å². The molecule has 2 N–H and O–H groups in total. The van der Waals surface area contributed by atoms with Crippen molar-refractivity contribution in [2.75, 3.05) is 19.7 Å². The van der Waals surface area contributed by atoms with Crippen molar-refractivity contribution >= 4 is 31.9 Å². The zero-order valence-electron chi connectivity index (χ0n) is 14.7. The monoisotopic (exact) mass is 452 g/mol. The molecule has 144 valence electrons. The summed E-state index contributed by atoms with van der Waals surface area (Å²) >= 11 is 3.25. The average Bonchev–Trinajstić information content (AvgIpc) is 2.66. The summed E-state index contributed by atoms with van der Waals surface area (Å²) in [7, 11) is -3.63. The number of benzene rings is 2. The number of nitrogens with one attached hydrogen (secondary N) is 2. The summed E-state index contributed by atoms with van der Waals surface area (Å²) < 4.78 is 33.3. The van der Waals surface area contributed by atoms with Crippen LogP contribution in [0.15, 0.2) is 57.9 Å². The Bertz CT molecular complexity index is 917. The van der Waals surface area contributed by atoms with Crippen molar-refractivity contribution in [3.05, 3.63) is 58.6 Å². The molecule has 1 unspecified atom stereocenters. The predicted molar refractivity (Wildman–Crippen MR) is 106 cm³/mol. The van der Waals surface area contributed by atoms with Crippen molar-refractivity contribution in [3.63, 3.8) is 0 Å². The van der Waals surface area contributed by atoms with Gasteiger partial charge in [-0.25, -0.2) is 13.1 Å². The number of hydrogen-bond acceptors (Lipinski definition) is 4. The van der Waals surface area contributed by atoms with Gasteiger partial charge in [0.15, 0.2) is 0 Å². The van der Waals surface area contributed by atoms with Crippen LogP contribution in [0.25, 0.3) is 0 Å². The molecule has 27 heavy (non-hydrogen) atoms. The van der Waals surface area contributed by atoms with Crippen molar-refractivity contribution in [3.8, 4) is 5.75 Å². The largest absolute Gasteiger partial charge is 0.493 e. The van der Waals surface area contributed by atoms with Gasteiger partial charge < -0.3 is 10.1 Å². The van der Waals surface area contributed by atoms with Crippen LogP contribution in [-0.2, 0) is 21.2 Å².